The fourth-order valence-corrected chi connectivity index (χ4v) is 3.67. The van der Waals surface area contributed by atoms with Crippen LogP contribution in [0.2, 0.25) is 0 Å². The van der Waals surface area contributed by atoms with E-state index in [-0.39, 0.29) is 5.91 Å². The molecule has 0 aromatic heterocycles. The van der Waals surface area contributed by atoms with Crippen LogP contribution in [0, 0.1) is 0 Å². The summed E-state index contributed by atoms with van der Waals surface area (Å²) >= 11 is 5.80. The predicted octanol–water partition coefficient (Wildman–Crippen LogP) is 1.49. The van der Waals surface area contributed by atoms with Gasteiger partial charge in [0.25, 0.3) is 0 Å². The van der Waals surface area contributed by atoms with Gasteiger partial charge in [0.2, 0.25) is 5.91 Å². The molecule has 8 heteroatoms. The number of halogens is 1. The molecule has 7 nitrogen and oxygen atoms in total. The standard InChI is InChI=1S/C23H43ClN6O/c1-29(16-12-24)21-10-8-20(9-11-21)19-27-14-5-17-30(2,3)18-6-15-28-23(31)22(26)7-4-13-25/h8-11,22,27H,4-7,12-19,25-26H2,1-3H3/p+1. The van der Waals surface area contributed by atoms with E-state index in [2.05, 4.69) is 60.9 Å². The Labute approximate surface area is 194 Å². The van der Waals surface area contributed by atoms with E-state index in [1.165, 1.54) is 11.3 Å². The van der Waals surface area contributed by atoms with Gasteiger partial charge in [0, 0.05) is 57.6 Å². The Kier molecular flexibility index (Phi) is 13.8. The van der Waals surface area contributed by atoms with Crippen molar-refractivity contribution >= 4 is 23.2 Å². The first-order valence-electron chi connectivity index (χ1n) is 11.4. The molecule has 0 spiro atoms. The number of carbonyl (C=O) groups excluding carboxylic acids is 1. The van der Waals surface area contributed by atoms with Crippen molar-refractivity contribution in [3.8, 4) is 0 Å². The number of carbonyl (C=O) groups is 1. The van der Waals surface area contributed by atoms with E-state index in [9.17, 15) is 4.79 Å². The van der Waals surface area contributed by atoms with Gasteiger partial charge in [-0.1, -0.05) is 12.1 Å². The van der Waals surface area contributed by atoms with Crippen molar-refractivity contribution < 1.29 is 9.28 Å². The van der Waals surface area contributed by atoms with Crippen molar-refractivity contribution in [1.82, 2.24) is 10.6 Å². The normalized spacial score (nSPS) is 12.6. The summed E-state index contributed by atoms with van der Waals surface area (Å²) in [5, 5.41) is 6.47. The number of alkyl halides is 1. The first kappa shape index (κ1) is 27.7. The molecule has 1 atom stereocenters. The van der Waals surface area contributed by atoms with Crippen molar-refractivity contribution in [1.29, 1.82) is 0 Å². The molecule has 1 amide bonds. The number of nitrogens with two attached hydrogens (primary N) is 2. The molecule has 0 bridgehead atoms. The first-order valence-corrected chi connectivity index (χ1v) is 11.9. The van der Waals surface area contributed by atoms with Gasteiger partial charge in [-0.15, -0.1) is 11.6 Å². The van der Waals surface area contributed by atoms with Crippen LogP contribution in [0.1, 0.15) is 31.2 Å². The molecule has 0 saturated heterocycles. The van der Waals surface area contributed by atoms with E-state index < -0.39 is 6.04 Å². The number of nitrogens with one attached hydrogen (secondary N) is 2. The van der Waals surface area contributed by atoms with Crippen LogP contribution < -0.4 is 27.0 Å². The fraction of sp³-hybridized carbons (Fsp3) is 0.696. The van der Waals surface area contributed by atoms with Gasteiger partial charge in [0.1, 0.15) is 0 Å². The van der Waals surface area contributed by atoms with Crippen LogP contribution >= 0.6 is 11.6 Å². The SMILES string of the molecule is CN(CCCl)c1ccc(CNCCC[N+](C)(C)CCCNC(=O)C(N)CCCN)cc1. The van der Waals surface area contributed by atoms with Crippen LogP contribution in [0.25, 0.3) is 0 Å². The Bertz CT molecular complexity index is 611. The quantitative estimate of drug-likeness (QED) is 0.162. The summed E-state index contributed by atoms with van der Waals surface area (Å²) in [6.45, 7) is 6.08. The second-order valence-corrected chi connectivity index (χ2v) is 9.25. The Morgan fingerprint density at radius 1 is 1.13 bits per heavy atom. The lowest BCUT2D eigenvalue weighted by Crippen LogP contribution is -2.45. The zero-order chi connectivity index (χ0) is 23.1. The monoisotopic (exact) mass is 455 g/mol. The van der Waals surface area contributed by atoms with E-state index in [4.69, 9.17) is 23.1 Å². The predicted molar refractivity (Wildman–Crippen MR) is 132 cm³/mol. The van der Waals surface area contributed by atoms with E-state index in [1.54, 1.807) is 0 Å². The van der Waals surface area contributed by atoms with Crippen molar-refractivity contribution in [2.75, 3.05) is 71.2 Å². The molecule has 1 aromatic carbocycles. The summed E-state index contributed by atoms with van der Waals surface area (Å²) in [6, 6.07) is 8.19. The Hall–Kier alpha value is -1.38. The molecule has 1 rings (SSSR count). The number of anilines is 1. The molecule has 0 aliphatic carbocycles. The van der Waals surface area contributed by atoms with Crippen molar-refractivity contribution in [2.45, 2.75) is 38.3 Å². The van der Waals surface area contributed by atoms with E-state index in [0.717, 1.165) is 56.5 Å². The van der Waals surface area contributed by atoms with E-state index in [0.29, 0.717) is 25.4 Å². The van der Waals surface area contributed by atoms with Gasteiger partial charge in [-0.25, -0.2) is 0 Å². The van der Waals surface area contributed by atoms with Gasteiger partial charge in [-0.05, 0) is 37.1 Å². The van der Waals surface area contributed by atoms with Gasteiger partial charge in [-0.3, -0.25) is 4.79 Å². The van der Waals surface area contributed by atoms with E-state index >= 15 is 0 Å². The van der Waals surface area contributed by atoms with Crippen LogP contribution in [0.4, 0.5) is 5.69 Å². The number of amides is 1. The molecule has 0 fully saturated rings. The maximum absolute atomic E-state index is 11.9. The minimum absolute atomic E-state index is 0.0679. The second-order valence-electron chi connectivity index (χ2n) is 8.87. The maximum Gasteiger partial charge on any atom is 0.236 e. The highest BCUT2D eigenvalue weighted by Crippen LogP contribution is 2.13. The molecule has 0 heterocycles. The number of nitrogens with zero attached hydrogens (tertiary/aromatic N) is 2. The zero-order valence-electron chi connectivity index (χ0n) is 19.7. The minimum atomic E-state index is -0.445. The molecular formula is C23H44ClN6O+. The molecule has 0 radical (unpaired) electrons. The van der Waals surface area contributed by atoms with Gasteiger partial charge >= 0.3 is 0 Å². The first-order chi connectivity index (χ1) is 14.8. The lowest BCUT2D eigenvalue weighted by atomic mass is 10.1. The summed E-state index contributed by atoms with van der Waals surface area (Å²) < 4.78 is 0.943. The molecule has 178 valence electrons. The summed E-state index contributed by atoms with van der Waals surface area (Å²) in [5.41, 5.74) is 13.8. The maximum atomic E-state index is 11.9. The summed E-state index contributed by atoms with van der Waals surface area (Å²) in [6.07, 6.45) is 3.48. The summed E-state index contributed by atoms with van der Waals surface area (Å²) in [7, 11) is 6.54. The van der Waals surface area contributed by atoms with Gasteiger partial charge in [-0.2, -0.15) is 0 Å². The van der Waals surface area contributed by atoms with Gasteiger partial charge in [0.15, 0.2) is 0 Å². The van der Waals surface area contributed by atoms with Crippen LogP contribution in [-0.2, 0) is 11.3 Å². The molecule has 31 heavy (non-hydrogen) atoms. The molecule has 0 aliphatic rings. The van der Waals surface area contributed by atoms with Crippen molar-refractivity contribution in [3.05, 3.63) is 29.8 Å². The average Bonchev–Trinajstić information content (AvgIpc) is 2.75. The third-order valence-corrected chi connectivity index (χ3v) is 5.71. The number of benzene rings is 1. The number of hydrogen-bond acceptors (Lipinski definition) is 5. The second kappa shape index (κ2) is 15.4. The highest BCUT2D eigenvalue weighted by molar-refractivity contribution is 6.18. The lowest BCUT2D eigenvalue weighted by molar-refractivity contribution is -0.890. The van der Waals surface area contributed by atoms with Crippen molar-refractivity contribution in [3.63, 3.8) is 0 Å². The molecular weight excluding hydrogens is 412 g/mol. The van der Waals surface area contributed by atoms with Crippen LogP contribution in [0.15, 0.2) is 24.3 Å². The fourth-order valence-electron chi connectivity index (χ4n) is 3.42. The molecule has 1 aromatic rings. The largest absolute Gasteiger partial charge is 0.373 e. The van der Waals surface area contributed by atoms with E-state index in [1.807, 2.05) is 0 Å². The third kappa shape index (κ3) is 12.3. The Morgan fingerprint density at radius 3 is 2.39 bits per heavy atom. The van der Waals surface area contributed by atoms with Crippen LogP contribution in [0.3, 0.4) is 0 Å². The number of rotatable bonds is 17. The average molecular weight is 456 g/mol. The Balaban J connectivity index is 2.16. The summed E-state index contributed by atoms with van der Waals surface area (Å²) in [5.74, 6) is 0.564. The molecule has 6 N–H and O–H groups in total. The highest BCUT2D eigenvalue weighted by atomic mass is 35.5. The highest BCUT2D eigenvalue weighted by Gasteiger charge is 2.15. The topological polar surface area (TPSA) is 96.4 Å². The minimum Gasteiger partial charge on any atom is -0.373 e. The number of quaternary nitrogens is 1. The van der Waals surface area contributed by atoms with Gasteiger partial charge < -0.3 is 31.5 Å². The summed E-state index contributed by atoms with van der Waals surface area (Å²) in [4.78, 5) is 14.1. The third-order valence-electron chi connectivity index (χ3n) is 5.54. The number of hydrogen-bond donors (Lipinski definition) is 4. The van der Waals surface area contributed by atoms with Crippen LogP contribution in [0.5, 0.6) is 0 Å². The molecule has 1 unspecified atom stereocenters. The Morgan fingerprint density at radius 2 is 1.77 bits per heavy atom. The molecule has 0 aliphatic heterocycles. The van der Waals surface area contributed by atoms with Crippen molar-refractivity contribution in [2.24, 2.45) is 11.5 Å². The lowest BCUT2D eigenvalue weighted by Gasteiger charge is -2.30. The molecule has 0 saturated carbocycles. The zero-order valence-corrected chi connectivity index (χ0v) is 20.5. The van der Waals surface area contributed by atoms with Gasteiger partial charge in [0.05, 0.1) is 33.2 Å². The smallest absolute Gasteiger partial charge is 0.236 e. The van der Waals surface area contributed by atoms with Crippen LogP contribution in [-0.4, -0.2) is 82.7 Å².